The van der Waals surface area contributed by atoms with Crippen LogP contribution in [0, 0.1) is 0 Å². The first-order chi connectivity index (χ1) is 16.8. The minimum absolute atomic E-state index is 0.0118. The van der Waals surface area contributed by atoms with E-state index in [1.807, 2.05) is 59.2 Å². The van der Waals surface area contributed by atoms with Gasteiger partial charge in [-0.1, -0.05) is 48.5 Å². The van der Waals surface area contributed by atoms with Gasteiger partial charge in [-0.15, -0.1) is 18.3 Å². The Morgan fingerprint density at radius 3 is 2.29 bits per heavy atom. The van der Waals surface area contributed by atoms with Crippen molar-refractivity contribution in [3.63, 3.8) is 0 Å². The van der Waals surface area contributed by atoms with Gasteiger partial charge in [0, 0.05) is 11.9 Å². The van der Waals surface area contributed by atoms with Crippen molar-refractivity contribution in [3.8, 4) is 5.75 Å². The molecule has 0 spiro atoms. The molecule has 9 heteroatoms. The number of ether oxygens (including phenoxy) is 2. The summed E-state index contributed by atoms with van der Waals surface area (Å²) >= 11 is 0. The van der Waals surface area contributed by atoms with Gasteiger partial charge >= 0.3 is 12.3 Å². The normalized spacial score (nSPS) is 11.8. The number of hydrogen-bond acceptors (Lipinski definition) is 5. The van der Waals surface area contributed by atoms with Crippen molar-refractivity contribution in [1.29, 1.82) is 0 Å². The van der Waals surface area contributed by atoms with E-state index >= 15 is 0 Å². The molecule has 4 aromatic rings. The molecule has 0 amide bonds. The second-order valence-corrected chi connectivity index (χ2v) is 7.61. The molecular weight excluding hydrogens is 459 g/mol. The molecule has 0 aliphatic carbocycles. The van der Waals surface area contributed by atoms with Crippen LogP contribution in [-0.4, -0.2) is 23.5 Å². The molecule has 0 unspecified atom stereocenters. The van der Waals surface area contributed by atoms with E-state index in [2.05, 4.69) is 15.0 Å². The molecule has 0 fully saturated rings. The first kappa shape index (κ1) is 24.0. The van der Waals surface area contributed by atoms with Crippen molar-refractivity contribution in [2.24, 2.45) is 10.2 Å². The number of azo groups is 1. The monoisotopic (exact) mass is 481 g/mol. The van der Waals surface area contributed by atoms with Crippen LogP contribution < -0.4 is 4.74 Å². The highest BCUT2D eigenvalue weighted by molar-refractivity contribution is 5.95. The van der Waals surface area contributed by atoms with Crippen LogP contribution >= 0.6 is 0 Å². The van der Waals surface area contributed by atoms with Gasteiger partial charge in [-0.2, -0.15) is 5.11 Å². The zero-order chi connectivity index (χ0) is 24.8. The number of aromatic nitrogens is 1. The van der Waals surface area contributed by atoms with Gasteiger partial charge in [-0.05, 0) is 42.8 Å². The predicted octanol–water partition coefficient (Wildman–Crippen LogP) is 7.11. The van der Waals surface area contributed by atoms with E-state index in [-0.39, 0.29) is 18.8 Å². The molecule has 0 aliphatic heterocycles. The van der Waals surface area contributed by atoms with Crippen LogP contribution in [0.25, 0.3) is 10.9 Å². The van der Waals surface area contributed by atoms with Crippen molar-refractivity contribution in [3.05, 3.63) is 90.1 Å². The van der Waals surface area contributed by atoms with E-state index in [9.17, 15) is 18.0 Å². The third-order valence-corrected chi connectivity index (χ3v) is 5.19. The molecule has 180 valence electrons. The van der Waals surface area contributed by atoms with E-state index in [4.69, 9.17) is 4.74 Å². The summed E-state index contributed by atoms with van der Waals surface area (Å²) in [5, 5.41) is 9.43. The highest BCUT2D eigenvalue weighted by Crippen LogP contribution is 2.36. The van der Waals surface area contributed by atoms with Crippen LogP contribution in [0.4, 0.5) is 24.5 Å². The van der Waals surface area contributed by atoms with Gasteiger partial charge in [0.1, 0.15) is 11.4 Å². The molecule has 1 aromatic heterocycles. The maximum Gasteiger partial charge on any atom is 0.573 e. The van der Waals surface area contributed by atoms with E-state index in [0.29, 0.717) is 23.6 Å². The van der Waals surface area contributed by atoms with Crippen LogP contribution in [0.1, 0.15) is 18.2 Å². The molecule has 0 bridgehead atoms. The summed E-state index contributed by atoms with van der Waals surface area (Å²) in [6.45, 7) is 2.50. The second kappa shape index (κ2) is 10.4. The first-order valence-corrected chi connectivity index (χ1v) is 10.9. The molecular formula is C26H22F3N3O3. The highest BCUT2D eigenvalue weighted by atomic mass is 19.4. The fourth-order valence-electron chi connectivity index (χ4n) is 3.75. The largest absolute Gasteiger partial charge is 0.573 e. The Labute approximate surface area is 199 Å². The Bertz CT molecular complexity index is 1330. The number of carbonyl (C=O) groups excluding carboxylic acids is 1. The smallest absolute Gasteiger partial charge is 0.466 e. The molecule has 3 aromatic carbocycles. The summed E-state index contributed by atoms with van der Waals surface area (Å²) in [4.78, 5) is 12.5. The topological polar surface area (TPSA) is 65.2 Å². The van der Waals surface area contributed by atoms with E-state index in [1.165, 1.54) is 24.3 Å². The lowest BCUT2D eigenvalue weighted by Gasteiger charge is -2.11. The van der Waals surface area contributed by atoms with Crippen molar-refractivity contribution >= 4 is 28.2 Å². The summed E-state index contributed by atoms with van der Waals surface area (Å²) in [5.74, 6) is -0.742. The van der Waals surface area contributed by atoms with Gasteiger partial charge in [0.25, 0.3) is 0 Å². The Morgan fingerprint density at radius 2 is 1.60 bits per heavy atom. The number of carbonyl (C=O) groups is 1. The number of alkyl halides is 3. The number of fused-ring (bicyclic) bond motifs is 1. The number of hydrogen-bond donors (Lipinski definition) is 0. The Balaban J connectivity index is 1.75. The summed E-state index contributed by atoms with van der Waals surface area (Å²) < 4.78 is 48.3. The molecule has 0 aliphatic rings. The van der Waals surface area contributed by atoms with Gasteiger partial charge in [0.05, 0.1) is 29.9 Å². The van der Waals surface area contributed by atoms with Crippen LogP contribution in [0.15, 0.2) is 89.1 Å². The quantitative estimate of drug-likeness (QED) is 0.199. The lowest BCUT2D eigenvalue weighted by atomic mass is 10.2. The van der Waals surface area contributed by atoms with E-state index < -0.39 is 12.3 Å². The van der Waals surface area contributed by atoms with Crippen LogP contribution in [-0.2, 0) is 22.5 Å². The maximum atomic E-state index is 12.5. The summed E-state index contributed by atoms with van der Waals surface area (Å²) in [5.41, 5.74) is 3.39. The van der Waals surface area contributed by atoms with Gasteiger partial charge in [0.15, 0.2) is 0 Å². The zero-order valence-corrected chi connectivity index (χ0v) is 18.8. The Morgan fingerprint density at radius 1 is 0.914 bits per heavy atom. The van der Waals surface area contributed by atoms with Crippen molar-refractivity contribution < 1.29 is 27.4 Å². The van der Waals surface area contributed by atoms with Gasteiger partial charge in [-0.25, -0.2) is 0 Å². The van der Waals surface area contributed by atoms with Crippen LogP contribution in [0.2, 0.25) is 0 Å². The molecule has 0 N–H and O–H groups in total. The van der Waals surface area contributed by atoms with Crippen molar-refractivity contribution in [2.75, 3.05) is 6.61 Å². The predicted molar refractivity (Wildman–Crippen MR) is 125 cm³/mol. The number of esters is 1. The lowest BCUT2D eigenvalue weighted by Crippen LogP contribution is -2.16. The number of rotatable bonds is 8. The Kier molecular flexibility index (Phi) is 7.14. The van der Waals surface area contributed by atoms with Gasteiger partial charge in [0.2, 0.25) is 0 Å². The fourth-order valence-corrected chi connectivity index (χ4v) is 3.75. The minimum Gasteiger partial charge on any atom is -0.466 e. The molecule has 0 radical (unpaired) electrons. The van der Waals surface area contributed by atoms with Crippen LogP contribution in [0.5, 0.6) is 5.75 Å². The standard InChI is InChI=1S/C26H22F3N3O3/c1-2-34-24(33)16-23-25(31-30-19-12-14-20(15-13-19)35-26(27,28)29)21-10-6-7-11-22(21)32(23)17-18-8-4-3-5-9-18/h3-15H,2,16-17H2,1H3. The minimum atomic E-state index is -4.77. The molecule has 6 nitrogen and oxygen atoms in total. The first-order valence-electron chi connectivity index (χ1n) is 10.9. The summed E-state index contributed by atoms with van der Waals surface area (Å²) in [6, 6.07) is 22.5. The van der Waals surface area contributed by atoms with Gasteiger partial charge < -0.3 is 14.0 Å². The molecule has 0 saturated carbocycles. The number of nitrogens with zero attached hydrogens (tertiary/aromatic N) is 3. The average molecular weight is 481 g/mol. The summed E-state index contributed by atoms with van der Waals surface area (Å²) in [6.07, 6.45) is -4.78. The Hall–Kier alpha value is -4.14. The zero-order valence-electron chi connectivity index (χ0n) is 18.8. The fraction of sp³-hybridized carbons (Fsp3) is 0.192. The number of halogens is 3. The number of para-hydroxylation sites is 1. The molecule has 4 rings (SSSR count). The third kappa shape index (κ3) is 6.06. The lowest BCUT2D eigenvalue weighted by molar-refractivity contribution is -0.274. The highest BCUT2D eigenvalue weighted by Gasteiger charge is 2.31. The van der Waals surface area contributed by atoms with Gasteiger partial charge in [-0.3, -0.25) is 4.79 Å². The van der Waals surface area contributed by atoms with Crippen molar-refractivity contribution in [1.82, 2.24) is 4.57 Å². The molecule has 0 atom stereocenters. The summed E-state index contributed by atoms with van der Waals surface area (Å²) in [7, 11) is 0. The molecule has 1 heterocycles. The molecule has 0 saturated heterocycles. The number of benzene rings is 3. The van der Waals surface area contributed by atoms with E-state index in [1.54, 1.807) is 6.92 Å². The van der Waals surface area contributed by atoms with Crippen LogP contribution in [0.3, 0.4) is 0 Å². The maximum absolute atomic E-state index is 12.5. The van der Waals surface area contributed by atoms with E-state index in [0.717, 1.165) is 16.5 Å². The van der Waals surface area contributed by atoms with Crippen molar-refractivity contribution in [2.45, 2.75) is 26.3 Å². The third-order valence-electron chi connectivity index (χ3n) is 5.19. The molecule has 35 heavy (non-hydrogen) atoms. The average Bonchev–Trinajstić information content (AvgIpc) is 3.11. The second-order valence-electron chi connectivity index (χ2n) is 7.61. The SMILES string of the molecule is CCOC(=O)Cc1c(N=Nc2ccc(OC(F)(F)F)cc2)c2ccccc2n1Cc1ccccc1.